The molecule has 0 aliphatic heterocycles. The van der Waals surface area contributed by atoms with E-state index in [0.29, 0.717) is 0 Å². The normalized spacial score (nSPS) is 12.9. The first-order valence-corrected chi connectivity index (χ1v) is 9.18. The molecule has 1 unspecified atom stereocenters. The second-order valence-electron chi connectivity index (χ2n) is 4.70. The van der Waals surface area contributed by atoms with E-state index in [2.05, 4.69) is 38.8 Å². The van der Waals surface area contributed by atoms with Crippen LogP contribution in [0.2, 0.25) is 0 Å². The Morgan fingerprint density at radius 1 is 1.11 bits per heavy atom. The van der Waals surface area contributed by atoms with Gasteiger partial charge in [-0.1, -0.05) is 51.9 Å². The van der Waals surface area contributed by atoms with Crippen LogP contribution in [-0.4, -0.2) is 5.11 Å². The van der Waals surface area contributed by atoms with E-state index in [4.69, 9.17) is 0 Å². The van der Waals surface area contributed by atoms with Crippen LogP contribution >= 0.6 is 43.2 Å². The number of hydrogen-bond acceptors (Lipinski definition) is 2. The molecular formula is C14H22Br2OS. The third-order valence-corrected chi connectivity index (χ3v) is 6.43. The second-order valence-corrected chi connectivity index (χ2v) is 7.95. The number of halogens is 2. The summed E-state index contributed by atoms with van der Waals surface area (Å²) in [6, 6.07) is 2.01. The van der Waals surface area contributed by atoms with E-state index < -0.39 is 0 Å². The Hall–Kier alpha value is 0.620. The van der Waals surface area contributed by atoms with Gasteiger partial charge in [-0.3, -0.25) is 0 Å². The van der Waals surface area contributed by atoms with Crippen LogP contribution in [-0.2, 0) is 0 Å². The molecular weight excluding hydrogens is 376 g/mol. The molecule has 0 fully saturated rings. The van der Waals surface area contributed by atoms with Gasteiger partial charge in [0.2, 0.25) is 0 Å². The number of aliphatic hydroxyl groups is 1. The first-order valence-electron chi connectivity index (χ1n) is 6.78. The van der Waals surface area contributed by atoms with E-state index in [1.165, 1.54) is 38.5 Å². The van der Waals surface area contributed by atoms with E-state index in [1.807, 2.05) is 6.07 Å². The molecule has 0 aliphatic rings. The molecule has 4 heteroatoms. The third-order valence-electron chi connectivity index (χ3n) is 3.07. The Kier molecular flexibility index (Phi) is 8.81. The van der Waals surface area contributed by atoms with Crippen molar-refractivity contribution in [1.82, 2.24) is 0 Å². The number of rotatable bonds is 9. The van der Waals surface area contributed by atoms with E-state index in [0.717, 1.165) is 26.0 Å². The lowest BCUT2D eigenvalue weighted by Gasteiger charge is -2.07. The minimum atomic E-state index is -0.298. The van der Waals surface area contributed by atoms with Gasteiger partial charge in [-0.15, -0.1) is 11.3 Å². The molecule has 0 saturated heterocycles. The van der Waals surface area contributed by atoms with E-state index in [9.17, 15) is 5.11 Å². The predicted octanol–water partition coefficient (Wildman–Crippen LogP) is 6.45. The molecule has 0 bridgehead atoms. The molecule has 1 rings (SSSR count). The molecule has 1 N–H and O–H groups in total. The summed E-state index contributed by atoms with van der Waals surface area (Å²) in [7, 11) is 0. The Morgan fingerprint density at radius 2 is 1.72 bits per heavy atom. The van der Waals surface area contributed by atoms with E-state index >= 15 is 0 Å². The van der Waals surface area contributed by atoms with E-state index in [-0.39, 0.29) is 6.10 Å². The zero-order chi connectivity index (χ0) is 13.4. The fraction of sp³-hybridized carbons (Fsp3) is 0.714. The van der Waals surface area contributed by atoms with Gasteiger partial charge in [0.25, 0.3) is 0 Å². The van der Waals surface area contributed by atoms with Crippen LogP contribution in [0, 0.1) is 0 Å². The molecule has 1 heterocycles. The molecule has 1 atom stereocenters. The van der Waals surface area contributed by atoms with Crippen LogP contribution in [0.5, 0.6) is 0 Å². The monoisotopic (exact) mass is 396 g/mol. The smallest absolute Gasteiger partial charge is 0.0882 e. The van der Waals surface area contributed by atoms with Crippen LogP contribution in [0.3, 0.4) is 0 Å². The summed E-state index contributed by atoms with van der Waals surface area (Å²) in [4.78, 5) is 1.06. The van der Waals surface area contributed by atoms with Gasteiger partial charge in [0, 0.05) is 9.35 Å². The van der Waals surface area contributed by atoms with Crippen LogP contribution in [0.25, 0.3) is 0 Å². The SMILES string of the molecule is CCCCCCCCCC(O)c1cc(Br)c(Br)s1. The summed E-state index contributed by atoms with van der Waals surface area (Å²) < 4.78 is 2.11. The van der Waals surface area contributed by atoms with Crippen molar-refractivity contribution >= 4 is 43.2 Å². The van der Waals surface area contributed by atoms with Gasteiger partial charge in [0.1, 0.15) is 0 Å². The van der Waals surface area contributed by atoms with E-state index in [1.54, 1.807) is 11.3 Å². The van der Waals surface area contributed by atoms with Gasteiger partial charge in [-0.05, 0) is 44.3 Å². The highest BCUT2D eigenvalue weighted by Gasteiger charge is 2.12. The Balaban J connectivity index is 2.12. The molecule has 0 saturated carbocycles. The number of thiophene rings is 1. The van der Waals surface area contributed by atoms with Crippen molar-refractivity contribution in [3.63, 3.8) is 0 Å². The quantitative estimate of drug-likeness (QED) is 0.474. The number of aliphatic hydroxyl groups excluding tert-OH is 1. The van der Waals surface area contributed by atoms with Gasteiger partial charge in [0.05, 0.1) is 9.89 Å². The summed E-state index contributed by atoms with van der Waals surface area (Å²) >= 11 is 8.53. The summed E-state index contributed by atoms with van der Waals surface area (Å²) in [6.07, 6.45) is 9.64. The molecule has 0 amide bonds. The Morgan fingerprint density at radius 3 is 2.28 bits per heavy atom. The molecule has 0 radical (unpaired) electrons. The molecule has 104 valence electrons. The van der Waals surface area contributed by atoms with Crippen molar-refractivity contribution in [2.24, 2.45) is 0 Å². The average molecular weight is 398 g/mol. The maximum atomic E-state index is 10.1. The van der Waals surface area contributed by atoms with Gasteiger partial charge in [-0.2, -0.15) is 0 Å². The maximum Gasteiger partial charge on any atom is 0.0882 e. The average Bonchev–Trinajstić information content (AvgIpc) is 2.68. The van der Waals surface area contributed by atoms with Crippen molar-refractivity contribution in [2.45, 2.75) is 64.4 Å². The Labute approximate surface area is 131 Å². The first kappa shape index (κ1) is 16.7. The van der Waals surface area contributed by atoms with Crippen molar-refractivity contribution in [1.29, 1.82) is 0 Å². The lowest BCUT2D eigenvalue weighted by atomic mass is 10.1. The Bertz CT molecular complexity index is 319. The number of hydrogen-bond donors (Lipinski definition) is 1. The highest BCUT2D eigenvalue weighted by molar-refractivity contribution is 9.13. The second kappa shape index (κ2) is 9.51. The van der Waals surface area contributed by atoms with Crippen molar-refractivity contribution in [3.05, 3.63) is 19.2 Å². The standard InChI is InChI=1S/C14H22Br2OS/c1-2-3-4-5-6-7-8-9-12(17)13-10-11(15)14(16)18-13/h10,12,17H,2-9H2,1H3. The predicted molar refractivity (Wildman–Crippen MR) is 87.3 cm³/mol. The van der Waals surface area contributed by atoms with Crippen molar-refractivity contribution in [3.8, 4) is 0 Å². The highest BCUT2D eigenvalue weighted by Crippen LogP contribution is 2.36. The van der Waals surface area contributed by atoms with Crippen LogP contribution in [0.1, 0.15) is 69.3 Å². The number of unbranched alkanes of at least 4 members (excludes halogenated alkanes) is 6. The lowest BCUT2D eigenvalue weighted by Crippen LogP contribution is -1.94. The zero-order valence-corrected chi connectivity index (χ0v) is 14.9. The first-order chi connectivity index (χ1) is 8.65. The fourth-order valence-electron chi connectivity index (χ4n) is 1.96. The molecule has 1 aromatic rings. The van der Waals surface area contributed by atoms with Crippen LogP contribution in [0.4, 0.5) is 0 Å². The van der Waals surface area contributed by atoms with Gasteiger partial charge < -0.3 is 5.11 Å². The summed E-state index contributed by atoms with van der Waals surface area (Å²) in [5.41, 5.74) is 0. The van der Waals surface area contributed by atoms with Gasteiger partial charge >= 0.3 is 0 Å². The molecule has 1 aromatic heterocycles. The molecule has 0 spiro atoms. The minimum Gasteiger partial charge on any atom is -0.388 e. The molecule has 1 nitrogen and oxygen atoms in total. The molecule has 18 heavy (non-hydrogen) atoms. The largest absolute Gasteiger partial charge is 0.388 e. The lowest BCUT2D eigenvalue weighted by molar-refractivity contribution is 0.167. The summed E-state index contributed by atoms with van der Waals surface area (Å²) in [6.45, 7) is 2.24. The van der Waals surface area contributed by atoms with Crippen LogP contribution in [0.15, 0.2) is 14.3 Å². The minimum absolute atomic E-state index is 0.298. The fourth-order valence-corrected chi connectivity index (χ4v) is 4.07. The topological polar surface area (TPSA) is 20.2 Å². The summed E-state index contributed by atoms with van der Waals surface area (Å²) in [5.74, 6) is 0. The maximum absolute atomic E-state index is 10.1. The summed E-state index contributed by atoms with van der Waals surface area (Å²) in [5, 5.41) is 10.1. The van der Waals surface area contributed by atoms with Crippen LogP contribution < -0.4 is 0 Å². The molecule has 0 aromatic carbocycles. The van der Waals surface area contributed by atoms with Gasteiger partial charge in [0.15, 0.2) is 0 Å². The van der Waals surface area contributed by atoms with Crippen molar-refractivity contribution < 1.29 is 5.11 Å². The zero-order valence-electron chi connectivity index (χ0n) is 10.9. The third kappa shape index (κ3) is 6.18. The highest BCUT2D eigenvalue weighted by atomic mass is 79.9. The molecule has 0 aliphatic carbocycles. The van der Waals surface area contributed by atoms with Gasteiger partial charge in [-0.25, -0.2) is 0 Å². The van der Waals surface area contributed by atoms with Crippen molar-refractivity contribution in [2.75, 3.05) is 0 Å².